The van der Waals surface area contributed by atoms with Crippen LogP contribution in [0.5, 0.6) is 0 Å². The molecular formula is C60H137N9O6. The van der Waals surface area contributed by atoms with Crippen molar-refractivity contribution in [1.29, 1.82) is 0 Å². The molecule has 75 heavy (non-hydrogen) atoms. The fourth-order valence-electron chi connectivity index (χ4n) is 4.64. The molecule has 18 N–H and O–H groups in total. The zero-order valence-electron chi connectivity index (χ0n) is 55.0. The van der Waals surface area contributed by atoms with Crippen molar-refractivity contribution in [2.24, 2.45) is 99.6 Å². The smallest absolute Gasteiger partial charge is 0.303 e. The molecule has 0 heterocycles. The predicted molar refractivity (Wildman–Crippen MR) is 330 cm³/mol. The standard InChI is InChI=1S/C8H19N3.C8H19N.C7H15NO.C7H17N.C7H14O2.C6H13NO.C6H15N.C6H12O2.C5H13N/c1-8(2,3)5-4-6-11-7(9)10;1-8(2,3)6-4-5-7-9;1-7(2,3)5-4-6(8)9;1-7(2,3)5-4-6-8;1-7(2,3)5-4-6(8)9;1-6(2,3)4-5(7)8;1-6(2,3)4-5-7;1-6(2,3)4-5(7)8;1-5(2,3)4-6/h4-6H2,1-3H3,(H4,9,10,11);4-7,9H2,1-3H3;4-5H2,1-3H3,(H2,8,9);4-6,8H2,1-3H3;4-5H2,1-3H3,(H,8,9);4H2,1-3H3,(H2,7,8);4-5,7H2,1-3H3;4H2,1-3H3,(H,7,8);4,6H2,1-3H3. The minimum Gasteiger partial charge on any atom is -0.481 e. The summed E-state index contributed by atoms with van der Waals surface area (Å²) in [6.07, 6.45) is 12.6. The maximum absolute atomic E-state index is 10.3. The maximum Gasteiger partial charge on any atom is 0.303 e. The van der Waals surface area contributed by atoms with Crippen molar-refractivity contribution in [3.8, 4) is 0 Å². The molecule has 15 heteroatoms. The van der Waals surface area contributed by atoms with Crippen LogP contribution in [0.3, 0.4) is 0 Å². The highest BCUT2D eigenvalue weighted by Crippen LogP contribution is 2.23. The Balaban J connectivity index is -0.0000000937. The van der Waals surface area contributed by atoms with Gasteiger partial charge >= 0.3 is 11.9 Å². The van der Waals surface area contributed by atoms with Gasteiger partial charge in [-0.1, -0.05) is 193 Å². The number of aliphatic imine (C=N–C) groups is 1. The summed E-state index contributed by atoms with van der Waals surface area (Å²) < 4.78 is 0. The number of amides is 2. The molecule has 0 bridgehead atoms. The molecule has 0 saturated heterocycles. The van der Waals surface area contributed by atoms with E-state index in [9.17, 15) is 19.2 Å². The second-order valence-electron chi connectivity index (χ2n) is 30.4. The molecule has 0 aliphatic carbocycles. The number of nitrogens with zero attached hydrogens (tertiary/aromatic N) is 1. The lowest BCUT2D eigenvalue weighted by Gasteiger charge is -2.16. The van der Waals surface area contributed by atoms with E-state index >= 15 is 0 Å². The van der Waals surface area contributed by atoms with Crippen LogP contribution in [0.2, 0.25) is 0 Å². The fourth-order valence-corrected chi connectivity index (χ4v) is 4.64. The predicted octanol–water partition coefficient (Wildman–Crippen LogP) is 13.0. The first kappa shape index (κ1) is 91.4. The van der Waals surface area contributed by atoms with Crippen LogP contribution < -0.4 is 45.9 Å². The van der Waals surface area contributed by atoms with Crippen LogP contribution in [0.15, 0.2) is 4.99 Å². The number of carbonyl (C=O) groups is 4. The van der Waals surface area contributed by atoms with Gasteiger partial charge in [-0.25, -0.2) is 0 Å². The van der Waals surface area contributed by atoms with Crippen LogP contribution in [-0.4, -0.2) is 72.6 Å². The highest BCUT2D eigenvalue weighted by molar-refractivity contribution is 5.75. The van der Waals surface area contributed by atoms with Gasteiger partial charge in [0.15, 0.2) is 5.96 Å². The summed E-state index contributed by atoms with van der Waals surface area (Å²) in [4.78, 5) is 44.5. The van der Waals surface area contributed by atoms with Crippen molar-refractivity contribution in [3.63, 3.8) is 0 Å². The molecule has 0 unspecified atom stereocenters. The van der Waals surface area contributed by atoms with Crippen LogP contribution >= 0.6 is 0 Å². The van der Waals surface area contributed by atoms with Crippen molar-refractivity contribution in [2.45, 2.75) is 277 Å². The van der Waals surface area contributed by atoms with E-state index in [0.29, 0.717) is 39.9 Å². The molecule has 15 nitrogen and oxygen atoms in total. The van der Waals surface area contributed by atoms with Gasteiger partial charge in [0.1, 0.15) is 0 Å². The van der Waals surface area contributed by atoms with E-state index in [1.54, 1.807) is 0 Å². The number of aliphatic carboxylic acids is 2. The average molecular weight is 1080 g/mol. The first-order chi connectivity index (χ1) is 32.8. The summed E-state index contributed by atoms with van der Waals surface area (Å²) in [5.74, 6) is -1.66. The number of guanidine groups is 1. The molecule has 0 aromatic heterocycles. The first-order valence-corrected chi connectivity index (χ1v) is 27.7. The number of unbranched alkanes of at least 4 members (excludes halogenated alkanes) is 1. The average Bonchev–Trinajstić information content (AvgIpc) is 3.12. The zero-order valence-corrected chi connectivity index (χ0v) is 55.0. The molecule has 0 spiro atoms. The molecule has 458 valence electrons. The Morgan fingerprint density at radius 1 is 0.333 bits per heavy atom. The Morgan fingerprint density at radius 2 is 0.640 bits per heavy atom. The van der Waals surface area contributed by atoms with Gasteiger partial charge in [0.25, 0.3) is 0 Å². The van der Waals surface area contributed by atoms with Crippen LogP contribution in [0.25, 0.3) is 0 Å². The third kappa shape index (κ3) is 167. The Kier molecular flexibility index (Phi) is 57.3. The van der Waals surface area contributed by atoms with Gasteiger partial charge < -0.3 is 56.1 Å². The number of carboxylic acid groups (broad SMARTS) is 2. The van der Waals surface area contributed by atoms with Crippen LogP contribution in [0.1, 0.15) is 277 Å². The number of primary amides is 2. The summed E-state index contributed by atoms with van der Waals surface area (Å²) in [5.41, 5.74) is 44.0. The second-order valence-corrected chi connectivity index (χ2v) is 30.4. The Hall–Kier alpha value is -3.01. The van der Waals surface area contributed by atoms with Crippen LogP contribution in [0, 0.1) is 48.7 Å². The first-order valence-electron chi connectivity index (χ1n) is 27.7. The van der Waals surface area contributed by atoms with E-state index < -0.39 is 11.9 Å². The van der Waals surface area contributed by atoms with E-state index in [1.165, 1.54) is 25.7 Å². The zero-order chi connectivity index (χ0) is 62.5. The lowest BCUT2D eigenvalue weighted by atomic mass is 9.90. The SMILES string of the molecule is CC(C)(C)CC(=O)O.CC(C)(C)CC(N)=O.CC(C)(C)CCC(=O)O.CC(C)(C)CCC(N)=O.CC(C)(C)CCCCN.CC(C)(C)CCCN.CC(C)(C)CCCN=C(N)N.CC(C)(C)CCN.CC(C)(C)CN. The fraction of sp³-hybridized carbons (Fsp3) is 0.917. The Morgan fingerprint density at radius 3 is 0.773 bits per heavy atom. The quantitative estimate of drug-likeness (QED) is 0.0416. The van der Waals surface area contributed by atoms with Gasteiger partial charge in [0.2, 0.25) is 11.8 Å². The Bertz CT molecular complexity index is 1310. The summed E-state index contributed by atoms with van der Waals surface area (Å²) in [6.45, 7) is 61.1. The molecule has 0 saturated carbocycles. The van der Waals surface area contributed by atoms with Gasteiger partial charge in [-0.15, -0.1) is 0 Å². The Labute approximate surface area is 466 Å². The molecule has 0 fully saturated rings. The molecule has 2 amide bonds. The van der Waals surface area contributed by atoms with Gasteiger partial charge in [-0.3, -0.25) is 24.2 Å². The van der Waals surface area contributed by atoms with Crippen molar-refractivity contribution in [1.82, 2.24) is 0 Å². The number of carboxylic acids is 2. The number of nitrogens with two attached hydrogens (primary N) is 8. The minimum absolute atomic E-state index is 0.0475. The number of carbonyl (C=O) groups excluding carboxylic acids is 2. The summed E-state index contributed by atoms with van der Waals surface area (Å²) in [5, 5.41) is 16.5. The van der Waals surface area contributed by atoms with E-state index in [2.05, 4.69) is 130 Å². The van der Waals surface area contributed by atoms with Gasteiger partial charge in [0.05, 0.1) is 6.42 Å². The summed E-state index contributed by atoms with van der Waals surface area (Å²) in [7, 11) is 0. The highest BCUT2D eigenvalue weighted by atomic mass is 16.4. The third-order valence-corrected chi connectivity index (χ3v) is 8.99. The van der Waals surface area contributed by atoms with Gasteiger partial charge in [-0.05, 0) is 133 Å². The second kappa shape index (κ2) is 47.0. The normalized spacial score (nSPS) is 11.6. The molecule has 0 radical (unpaired) electrons. The minimum atomic E-state index is -0.725. The number of rotatable bonds is 15. The lowest BCUT2D eigenvalue weighted by Crippen LogP contribution is -2.23. The van der Waals surface area contributed by atoms with E-state index in [1.807, 2.05) is 62.3 Å². The summed E-state index contributed by atoms with van der Waals surface area (Å²) in [6, 6.07) is 0. The molecule has 0 rings (SSSR count). The van der Waals surface area contributed by atoms with E-state index in [4.69, 9.17) is 56.1 Å². The summed E-state index contributed by atoms with van der Waals surface area (Å²) >= 11 is 0. The van der Waals surface area contributed by atoms with Crippen LogP contribution in [-0.2, 0) is 19.2 Å². The van der Waals surface area contributed by atoms with E-state index in [0.717, 1.165) is 71.2 Å². The number of hydrogen-bond acceptors (Lipinski definition) is 9. The van der Waals surface area contributed by atoms with Crippen molar-refractivity contribution in [2.75, 3.05) is 32.7 Å². The highest BCUT2D eigenvalue weighted by Gasteiger charge is 2.15. The third-order valence-electron chi connectivity index (χ3n) is 8.99. The molecule has 0 atom stereocenters. The molecule has 0 aromatic carbocycles. The molecular weight excluding hydrogens is 943 g/mol. The monoisotopic (exact) mass is 1080 g/mol. The van der Waals surface area contributed by atoms with Crippen molar-refractivity contribution < 1.29 is 29.4 Å². The van der Waals surface area contributed by atoms with Gasteiger partial charge in [-0.2, -0.15) is 0 Å². The topological polar surface area (TPSA) is 329 Å². The van der Waals surface area contributed by atoms with Crippen molar-refractivity contribution >= 4 is 29.7 Å². The lowest BCUT2D eigenvalue weighted by molar-refractivity contribution is -0.139. The molecule has 0 aliphatic heterocycles. The van der Waals surface area contributed by atoms with E-state index in [-0.39, 0.29) is 52.3 Å². The maximum atomic E-state index is 10.3. The van der Waals surface area contributed by atoms with Crippen LogP contribution in [0.4, 0.5) is 0 Å². The van der Waals surface area contributed by atoms with Gasteiger partial charge in [0, 0.05) is 25.8 Å². The molecule has 0 aromatic rings. The largest absolute Gasteiger partial charge is 0.481 e. The van der Waals surface area contributed by atoms with Crippen molar-refractivity contribution in [3.05, 3.63) is 0 Å². The molecule has 0 aliphatic rings. The number of hydrogen-bond donors (Lipinski definition) is 10.